The standard InChI is InChI=1S/C8H11NO6/c1-5(9(14)15)2-3-6(8(12)13)4-7(10)11/h2-3,5-6H,4H2,1H3,(H,10,11)(H,12,13). The van der Waals surface area contributed by atoms with Gasteiger partial charge in [-0.05, 0) is 6.08 Å². The molecule has 0 amide bonds. The third-order valence-electron chi connectivity index (χ3n) is 1.67. The lowest BCUT2D eigenvalue weighted by Gasteiger charge is -2.03. The Bertz CT molecular complexity index is 298. The Morgan fingerprint density at radius 1 is 1.40 bits per heavy atom. The molecule has 0 aliphatic heterocycles. The molecule has 0 aromatic rings. The molecule has 2 unspecified atom stereocenters. The second-order valence-corrected chi connectivity index (χ2v) is 2.95. The molecule has 7 nitrogen and oxygen atoms in total. The van der Waals surface area contributed by atoms with Crippen LogP contribution in [0.5, 0.6) is 0 Å². The number of rotatable bonds is 6. The van der Waals surface area contributed by atoms with Crippen LogP contribution in [0, 0.1) is 16.0 Å². The van der Waals surface area contributed by atoms with Crippen molar-refractivity contribution in [2.45, 2.75) is 19.4 Å². The maximum absolute atomic E-state index is 10.5. The molecule has 84 valence electrons. The molecule has 0 rings (SSSR count). The monoisotopic (exact) mass is 217 g/mol. The van der Waals surface area contributed by atoms with Gasteiger partial charge in [-0.15, -0.1) is 0 Å². The van der Waals surface area contributed by atoms with Crippen LogP contribution in [0.4, 0.5) is 0 Å². The lowest BCUT2D eigenvalue weighted by Crippen LogP contribution is -2.17. The minimum atomic E-state index is -1.32. The molecule has 0 radical (unpaired) electrons. The van der Waals surface area contributed by atoms with Crippen LogP contribution >= 0.6 is 0 Å². The molecule has 15 heavy (non-hydrogen) atoms. The summed E-state index contributed by atoms with van der Waals surface area (Å²) < 4.78 is 0. The highest BCUT2D eigenvalue weighted by Gasteiger charge is 2.19. The topological polar surface area (TPSA) is 118 Å². The Balaban J connectivity index is 4.47. The van der Waals surface area contributed by atoms with Crippen LogP contribution in [0.25, 0.3) is 0 Å². The van der Waals surface area contributed by atoms with Gasteiger partial charge >= 0.3 is 11.9 Å². The summed E-state index contributed by atoms with van der Waals surface area (Å²) in [5, 5.41) is 27.2. The van der Waals surface area contributed by atoms with Crippen molar-refractivity contribution in [2.24, 2.45) is 5.92 Å². The van der Waals surface area contributed by atoms with Crippen LogP contribution in [0.1, 0.15) is 13.3 Å². The van der Waals surface area contributed by atoms with Crippen LogP contribution in [-0.2, 0) is 9.59 Å². The fourth-order valence-corrected chi connectivity index (χ4v) is 0.791. The molecule has 0 aromatic heterocycles. The van der Waals surface area contributed by atoms with Crippen molar-refractivity contribution < 1.29 is 24.7 Å². The van der Waals surface area contributed by atoms with E-state index in [1.807, 2.05) is 0 Å². The Morgan fingerprint density at radius 3 is 2.27 bits per heavy atom. The van der Waals surface area contributed by atoms with Crippen molar-refractivity contribution in [1.82, 2.24) is 0 Å². The molecule has 0 saturated carbocycles. The Hall–Kier alpha value is -1.92. The molecular formula is C8H11NO6. The van der Waals surface area contributed by atoms with Gasteiger partial charge in [-0.1, -0.05) is 6.08 Å². The second kappa shape index (κ2) is 5.74. The Morgan fingerprint density at radius 2 is 1.93 bits per heavy atom. The van der Waals surface area contributed by atoms with E-state index in [0.29, 0.717) is 0 Å². The van der Waals surface area contributed by atoms with Crippen molar-refractivity contribution in [3.05, 3.63) is 22.3 Å². The zero-order chi connectivity index (χ0) is 12.0. The Kier molecular flexibility index (Phi) is 5.00. The molecule has 0 bridgehead atoms. The predicted molar refractivity (Wildman–Crippen MR) is 49.0 cm³/mol. The van der Waals surface area contributed by atoms with E-state index in [9.17, 15) is 19.7 Å². The fourth-order valence-electron chi connectivity index (χ4n) is 0.791. The largest absolute Gasteiger partial charge is 0.481 e. The molecule has 0 heterocycles. The van der Waals surface area contributed by atoms with Crippen LogP contribution in [0.3, 0.4) is 0 Å². The van der Waals surface area contributed by atoms with E-state index in [1.165, 1.54) is 6.92 Å². The summed E-state index contributed by atoms with van der Waals surface area (Å²) in [6.45, 7) is 1.27. The van der Waals surface area contributed by atoms with Crippen LogP contribution in [0.2, 0.25) is 0 Å². The minimum absolute atomic E-state index is 0.587. The number of hydrogen-bond acceptors (Lipinski definition) is 4. The summed E-state index contributed by atoms with van der Waals surface area (Å²) in [6, 6.07) is -1.03. The molecule has 0 aromatic carbocycles. The summed E-state index contributed by atoms with van der Waals surface area (Å²) in [5.41, 5.74) is 0. The van der Waals surface area contributed by atoms with Crippen molar-refractivity contribution in [3.8, 4) is 0 Å². The average Bonchev–Trinajstić information content (AvgIpc) is 2.10. The number of hydrogen-bond donors (Lipinski definition) is 2. The molecular weight excluding hydrogens is 206 g/mol. The molecule has 0 fully saturated rings. The van der Waals surface area contributed by atoms with Gasteiger partial charge < -0.3 is 10.2 Å². The van der Waals surface area contributed by atoms with Crippen LogP contribution < -0.4 is 0 Å². The van der Waals surface area contributed by atoms with Crippen molar-refractivity contribution >= 4 is 11.9 Å². The molecule has 0 aliphatic carbocycles. The third-order valence-corrected chi connectivity index (χ3v) is 1.67. The summed E-state index contributed by atoms with van der Waals surface area (Å²) in [7, 11) is 0. The fraction of sp³-hybridized carbons (Fsp3) is 0.500. The first-order chi connectivity index (χ1) is 6.84. The van der Waals surface area contributed by atoms with Crippen molar-refractivity contribution in [2.75, 3.05) is 0 Å². The number of aliphatic carboxylic acids is 2. The van der Waals surface area contributed by atoms with Gasteiger partial charge in [0.05, 0.1) is 12.3 Å². The van der Waals surface area contributed by atoms with E-state index in [2.05, 4.69) is 0 Å². The van der Waals surface area contributed by atoms with Gasteiger partial charge in [0.25, 0.3) is 0 Å². The quantitative estimate of drug-likeness (QED) is 0.377. The minimum Gasteiger partial charge on any atom is -0.481 e. The molecule has 2 atom stereocenters. The van der Waals surface area contributed by atoms with E-state index in [4.69, 9.17) is 10.2 Å². The third kappa shape index (κ3) is 5.40. The summed E-state index contributed by atoms with van der Waals surface area (Å²) in [6.07, 6.45) is 1.52. The van der Waals surface area contributed by atoms with E-state index in [0.717, 1.165) is 12.2 Å². The molecule has 0 saturated heterocycles. The van der Waals surface area contributed by atoms with Gasteiger partial charge in [-0.25, -0.2) is 0 Å². The van der Waals surface area contributed by atoms with Gasteiger partial charge in [0.15, 0.2) is 0 Å². The zero-order valence-electron chi connectivity index (χ0n) is 7.99. The summed E-state index contributed by atoms with van der Waals surface area (Å²) >= 11 is 0. The van der Waals surface area contributed by atoms with Crippen LogP contribution in [0.15, 0.2) is 12.2 Å². The van der Waals surface area contributed by atoms with Gasteiger partial charge in [0.2, 0.25) is 6.04 Å². The Labute approximate surface area is 85.2 Å². The molecule has 7 heteroatoms. The van der Waals surface area contributed by atoms with Crippen molar-refractivity contribution in [1.29, 1.82) is 0 Å². The number of nitrogens with zero attached hydrogens (tertiary/aromatic N) is 1. The highest BCUT2D eigenvalue weighted by atomic mass is 16.6. The number of carboxylic acid groups (broad SMARTS) is 2. The van der Waals surface area contributed by atoms with E-state index < -0.39 is 35.2 Å². The first-order valence-electron chi connectivity index (χ1n) is 4.11. The van der Waals surface area contributed by atoms with E-state index in [1.54, 1.807) is 0 Å². The molecule has 0 aliphatic rings. The maximum atomic E-state index is 10.5. The number of nitro groups is 1. The van der Waals surface area contributed by atoms with E-state index in [-0.39, 0.29) is 0 Å². The maximum Gasteiger partial charge on any atom is 0.310 e. The summed E-state index contributed by atoms with van der Waals surface area (Å²) in [5.74, 6) is -3.81. The van der Waals surface area contributed by atoms with Crippen LogP contribution in [-0.4, -0.2) is 33.1 Å². The highest BCUT2D eigenvalue weighted by Crippen LogP contribution is 2.07. The molecule has 2 N–H and O–H groups in total. The number of carbonyl (C=O) groups is 2. The average molecular weight is 217 g/mol. The van der Waals surface area contributed by atoms with Crippen molar-refractivity contribution in [3.63, 3.8) is 0 Å². The molecule has 0 spiro atoms. The highest BCUT2D eigenvalue weighted by molar-refractivity contribution is 5.79. The van der Waals surface area contributed by atoms with E-state index >= 15 is 0 Å². The SMILES string of the molecule is CC(C=CC(CC(=O)O)C(=O)O)[N+](=O)[O-]. The first-order valence-corrected chi connectivity index (χ1v) is 4.11. The lowest BCUT2D eigenvalue weighted by molar-refractivity contribution is -0.504. The zero-order valence-corrected chi connectivity index (χ0v) is 7.99. The van der Waals surface area contributed by atoms with Gasteiger partial charge in [0.1, 0.15) is 0 Å². The second-order valence-electron chi connectivity index (χ2n) is 2.95. The lowest BCUT2D eigenvalue weighted by atomic mass is 10.0. The first kappa shape index (κ1) is 13.1. The smallest absolute Gasteiger partial charge is 0.310 e. The predicted octanol–water partition coefficient (Wildman–Crippen LogP) is 0.383. The number of carboxylic acids is 2. The van der Waals surface area contributed by atoms with Gasteiger partial charge in [-0.3, -0.25) is 19.7 Å². The van der Waals surface area contributed by atoms with Gasteiger partial charge in [-0.2, -0.15) is 0 Å². The van der Waals surface area contributed by atoms with Gasteiger partial charge in [0, 0.05) is 11.8 Å². The summed E-state index contributed by atoms with van der Waals surface area (Å²) in [4.78, 5) is 30.4. The normalized spacial score (nSPS) is 14.7.